The minimum atomic E-state index is -0.0812. The normalized spacial score (nSPS) is 14.7. The van der Waals surface area contributed by atoms with Crippen LogP contribution < -0.4 is 4.90 Å². The third kappa shape index (κ3) is 4.16. The number of benzene rings is 7. The average molecular weight is 604 g/mol. The minimum absolute atomic E-state index is 0.0812. The van der Waals surface area contributed by atoms with Crippen molar-refractivity contribution in [1.82, 2.24) is 0 Å². The molecule has 0 unspecified atom stereocenters. The van der Waals surface area contributed by atoms with E-state index in [-0.39, 0.29) is 10.8 Å². The average Bonchev–Trinajstić information content (AvgIpc) is 3.48. The summed E-state index contributed by atoms with van der Waals surface area (Å²) in [5.74, 6) is 0. The van der Waals surface area contributed by atoms with Crippen LogP contribution in [0.25, 0.3) is 44.2 Å². The second-order valence-electron chi connectivity index (χ2n) is 14.2. The fraction of sp³-hybridized carbons (Fsp3) is 0.130. The molecule has 47 heavy (non-hydrogen) atoms. The molecule has 0 fully saturated rings. The van der Waals surface area contributed by atoms with Crippen molar-refractivity contribution < 1.29 is 0 Å². The molecule has 0 N–H and O–H groups in total. The number of hydrogen-bond acceptors (Lipinski definition) is 1. The first-order valence-electron chi connectivity index (χ1n) is 16.7. The lowest BCUT2D eigenvalue weighted by Gasteiger charge is -2.30. The highest BCUT2D eigenvalue weighted by atomic mass is 15.1. The fourth-order valence-corrected chi connectivity index (χ4v) is 8.30. The first kappa shape index (κ1) is 27.9. The molecule has 0 saturated carbocycles. The summed E-state index contributed by atoms with van der Waals surface area (Å²) < 4.78 is 0. The second-order valence-corrected chi connectivity index (χ2v) is 14.2. The molecular weight excluding hydrogens is 567 g/mol. The molecule has 0 saturated heterocycles. The Bertz CT molecular complexity index is 2270. The summed E-state index contributed by atoms with van der Waals surface area (Å²) in [6, 6.07) is 56.4. The smallest absolute Gasteiger partial charge is 0.0467 e. The predicted molar refractivity (Wildman–Crippen MR) is 199 cm³/mol. The van der Waals surface area contributed by atoms with Gasteiger partial charge in [0.2, 0.25) is 0 Å². The maximum absolute atomic E-state index is 2.46. The maximum atomic E-state index is 2.46. The number of anilines is 3. The van der Waals surface area contributed by atoms with Crippen molar-refractivity contribution in [2.75, 3.05) is 4.90 Å². The molecule has 1 heteroatoms. The summed E-state index contributed by atoms with van der Waals surface area (Å²) in [7, 11) is 0. The van der Waals surface area contributed by atoms with E-state index in [0.717, 1.165) is 5.69 Å². The van der Waals surface area contributed by atoms with Gasteiger partial charge in [-0.1, -0.05) is 137 Å². The van der Waals surface area contributed by atoms with Gasteiger partial charge in [0.15, 0.2) is 0 Å². The SMILES string of the molecule is CC1(C)c2ccccc2-c2ccc(N(c3cccc(-c4ccc5ccccc5c4)c3)c3ccc4c(c3)C(C)(C)c3ccccc3-4)cc21. The summed E-state index contributed by atoms with van der Waals surface area (Å²) in [5.41, 5.74) is 16.7. The standard InChI is InChI=1S/C46H37N/c1-45(2)41-18-9-7-16-37(41)39-24-22-35(28-43(39)45)47(36-23-25-40-38-17-8-10-19-42(38)46(3,4)44(40)29-36)34-15-11-14-32(27-34)33-21-20-30-12-5-6-13-31(30)26-33/h5-29H,1-4H3. The van der Waals surface area contributed by atoms with Crippen LogP contribution in [0.1, 0.15) is 49.9 Å². The molecular formula is C46H37N. The zero-order valence-corrected chi connectivity index (χ0v) is 27.4. The van der Waals surface area contributed by atoms with Gasteiger partial charge in [0, 0.05) is 27.9 Å². The van der Waals surface area contributed by atoms with Crippen LogP contribution in [0, 0.1) is 0 Å². The van der Waals surface area contributed by atoms with Crippen molar-refractivity contribution in [3.63, 3.8) is 0 Å². The van der Waals surface area contributed by atoms with Crippen LogP contribution in [0.15, 0.2) is 152 Å². The van der Waals surface area contributed by atoms with Gasteiger partial charge in [-0.3, -0.25) is 0 Å². The summed E-state index contributed by atoms with van der Waals surface area (Å²) in [5, 5.41) is 2.52. The molecule has 9 rings (SSSR count). The van der Waals surface area contributed by atoms with Gasteiger partial charge in [-0.05, 0) is 109 Å². The third-order valence-corrected chi connectivity index (χ3v) is 10.8. The molecule has 0 atom stereocenters. The van der Waals surface area contributed by atoms with E-state index in [1.54, 1.807) is 0 Å². The summed E-state index contributed by atoms with van der Waals surface area (Å²) in [6.07, 6.45) is 0. The molecule has 2 aliphatic carbocycles. The molecule has 2 aliphatic rings. The highest BCUT2D eigenvalue weighted by Crippen LogP contribution is 2.53. The van der Waals surface area contributed by atoms with Crippen LogP contribution in [0.4, 0.5) is 17.1 Å². The predicted octanol–water partition coefficient (Wildman–Crippen LogP) is 12.6. The highest BCUT2D eigenvalue weighted by Gasteiger charge is 2.37. The van der Waals surface area contributed by atoms with E-state index in [4.69, 9.17) is 0 Å². The van der Waals surface area contributed by atoms with Crippen LogP contribution in [0.2, 0.25) is 0 Å². The number of hydrogen-bond donors (Lipinski definition) is 0. The van der Waals surface area contributed by atoms with Gasteiger partial charge in [0.05, 0.1) is 0 Å². The van der Waals surface area contributed by atoms with E-state index in [1.165, 1.54) is 77.8 Å². The summed E-state index contributed by atoms with van der Waals surface area (Å²) in [6.45, 7) is 9.45. The van der Waals surface area contributed by atoms with Gasteiger partial charge in [-0.25, -0.2) is 0 Å². The van der Waals surface area contributed by atoms with Crippen molar-refractivity contribution in [2.24, 2.45) is 0 Å². The van der Waals surface area contributed by atoms with Crippen molar-refractivity contribution >= 4 is 27.8 Å². The third-order valence-electron chi connectivity index (χ3n) is 10.8. The molecule has 0 radical (unpaired) electrons. The summed E-state index contributed by atoms with van der Waals surface area (Å²) >= 11 is 0. The van der Waals surface area contributed by atoms with Crippen molar-refractivity contribution in [2.45, 2.75) is 38.5 Å². The van der Waals surface area contributed by atoms with Crippen LogP contribution in [-0.2, 0) is 10.8 Å². The molecule has 1 nitrogen and oxygen atoms in total. The topological polar surface area (TPSA) is 3.24 Å². The van der Waals surface area contributed by atoms with E-state index >= 15 is 0 Å². The highest BCUT2D eigenvalue weighted by molar-refractivity contribution is 5.91. The number of rotatable bonds is 4. The molecule has 0 aromatic heterocycles. The Morgan fingerprint density at radius 1 is 0.340 bits per heavy atom. The fourth-order valence-electron chi connectivity index (χ4n) is 8.30. The quantitative estimate of drug-likeness (QED) is 0.193. The van der Waals surface area contributed by atoms with Crippen LogP contribution in [0.3, 0.4) is 0 Å². The Labute approximate surface area is 277 Å². The zero-order valence-electron chi connectivity index (χ0n) is 27.4. The van der Waals surface area contributed by atoms with Crippen LogP contribution in [0.5, 0.6) is 0 Å². The van der Waals surface area contributed by atoms with Gasteiger partial charge in [-0.15, -0.1) is 0 Å². The van der Waals surface area contributed by atoms with E-state index in [9.17, 15) is 0 Å². The molecule has 0 bridgehead atoms. The molecule has 0 amide bonds. The molecule has 0 spiro atoms. The lowest BCUT2D eigenvalue weighted by atomic mass is 9.82. The first-order valence-corrected chi connectivity index (χ1v) is 16.7. The molecule has 7 aromatic carbocycles. The molecule has 0 aliphatic heterocycles. The van der Waals surface area contributed by atoms with Crippen molar-refractivity contribution in [3.8, 4) is 33.4 Å². The monoisotopic (exact) mass is 603 g/mol. The van der Waals surface area contributed by atoms with Gasteiger partial charge < -0.3 is 4.90 Å². The van der Waals surface area contributed by atoms with Crippen LogP contribution in [-0.4, -0.2) is 0 Å². The van der Waals surface area contributed by atoms with E-state index < -0.39 is 0 Å². The largest absolute Gasteiger partial charge is 0.310 e. The Hall–Kier alpha value is -5.40. The van der Waals surface area contributed by atoms with E-state index in [2.05, 4.69) is 184 Å². The lowest BCUT2D eigenvalue weighted by molar-refractivity contribution is 0.660. The maximum Gasteiger partial charge on any atom is 0.0467 e. The van der Waals surface area contributed by atoms with Gasteiger partial charge in [-0.2, -0.15) is 0 Å². The lowest BCUT2D eigenvalue weighted by Crippen LogP contribution is -2.18. The summed E-state index contributed by atoms with van der Waals surface area (Å²) in [4.78, 5) is 2.46. The Morgan fingerprint density at radius 3 is 1.45 bits per heavy atom. The first-order chi connectivity index (χ1) is 22.8. The Balaban J connectivity index is 1.23. The van der Waals surface area contributed by atoms with Gasteiger partial charge in [0.1, 0.15) is 0 Å². The van der Waals surface area contributed by atoms with Gasteiger partial charge >= 0.3 is 0 Å². The molecule has 226 valence electrons. The zero-order chi connectivity index (χ0) is 31.9. The van der Waals surface area contributed by atoms with Crippen molar-refractivity contribution in [3.05, 3.63) is 174 Å². The van der Waals surface area contributed by atoms with Crippen molar-refractivity contribution in [1.29, 1.82) is 0 Å². The minimum Gasteiger partial charge on any atom is -0.310 e. The Morgan fingerprint density at radius 2 is 0.830 bits per heavy atom. The van der Waals surface area contributed by atoms with E-state index in [0.29, 0.717) is 0 Å². The molecule has 7 aromatic rings. The Kier molecular flexibility index (Phi) is 5.96. The number of fused-ring (bicyclic) bond motifs is 7. The number of nitrogens with zero attached hydrogens (tertiary/aromatic N) is 1. The van der Waals surface area contributed by atoms with Gasteiger partial charge in [0.25, 0.3) is 0 Å². The molecule has 0 heterocycles. The van der Waals surface area contributed by atoms with Crippen LogP contribution >= 0.6 is 0 Å². The van der Waals surface area contributed by atoms with E-state index in [1.807, 2.05) is 0 Å². The second kappa shape index (κ2) is 10.0.